The zero-order chi connectivity index (χ0) is 14.1. The second-order valence-corrected chi connectivity index (χ2v) is 4.91. The van der Waals surface area contributed by atoms with Crippen molar-refractivity contribution >= 4 is 11.9 Å². The Morgan fingerprint density at radius 1 is 0.947 bits per heavy atom. The quantitative estimate of drug-likeness (QED) is 0.535. The first kappa shape index (κ1) is 16.0. The molecule has 110 valence electrons. The monoisotopic (exact) mass is 271 g/mol. The van der Waals surface area contributed by atoms with Crippen LogP contribution in [0, 0.1) is 11.8 Å². The molecule has 0 radical (unpaired) electrons. The van der Waals surface area contributed by atoms with E-state index in [-0.39, 0.29) is 11.9 Å². The molecule has 1 saturated heterocycles. The van der Waals surface area contributed by atoms with Gasteiger partial charge in [0.05, 0.1) is 25.0 Å². The number of ether oxygens (including phenoxy) is 2. The molecule has 1 aliphatic heterocycles. The minimum Gasteiger partial charge on any atom is -0.465 e. The van der Waals surface area contributed by atoms with E-state index in [1.165, 1.54) is 0 Å². The van der Waals surface area contributed by atoms with Crippen molar-refractivity contribution in [3.63, 3.8) is 0 Å². The van der Waals surface area contributed by atoms with Crippen molar-refractivity contribution in [2.45, 2.75) is 39.5 Å². The number of nitrogens with one attached hydrogen (secondary N) is 1. The molecular formula is C14H25NO4. The average molecular weight is 271 g/mol. The Bertz CT molecular complexity index is 265. The summed E-state index contributed by atoms with van der Waals surface area (Å²) in [6, 6.07) is 0. The van der Waals surface area contributed by atoms with E-state index in [1.54, 1.807) is 0 Å². The molecule has 1 N–H and O–H groups in total. The highest BCUT2D eigenvalue weighted by Gasteiger charge is 2.39. The van der Waals surface area contributed by atoms with Crippen molar-refractivity contribution in [1.29, 1.82) is 0 Å². The van der Waals surface area contributed by atoms with Gasteiger partial charge in [-0.15, -0.1) is 0 Å². The summed E-state index contributed by atoms with van der Waals surface area (Å²) in [6.45, 7) is 5.95. The van der Waals surface area contributed by atoms with Crippen LogP contribution < -0.4 is 5.32 Å². The van der Waals surface area contributed by atoms with E-state index in [9.17, 15) is 9.59 Å². The summed E-state index contributed by atoms with van der Waals surface area (Å²) >= 11 is 0. The van der Waals surface area contributed by atoms with Crippen molar-refractivity contribution in [3.8, 4) is 0 Å². The van der Waals surface area contributed by atoms with Crippen LogP contribution in [0.5, 0.6) is 0 Å². The number of hydrogen-bond acceptors (Lipinski definition) is 5. The van der Waals surface area contributed by atoms with Gasteiger partial charge in [-0.1, -0.05) is 26.7 Å². The van der Waals surface area contributed by atoms with Crippen molar-refractivity contribution < 1.29 is 19.1 Å². The number of hydrogen-bond donors (Lipinski definition) is 1. The van der Waals surface area contributed by atoms with Crippen LogP contribution in [0.3, 0.4) is 0 Å². The first-order chi connectivity index (χ1) is 9.20. The Morgan fingerprint density at radius 3 is 1.74 bits per heavy atom. The molecule has 5 heteroatoms. The van der Waals surface area contributed by atoms with Crippen LogP contribution in [0.15, 0.2) is 0 Å². The van der Waals surface area contributed by atoms with Gasteiger partial charge in [-0.05, 0) is 12.8 Å². The lowest BCUT2D eigenvalue weighted by Gasteiger charge is -2.16. The maximum absolute atomic E-state index is 11.9. The zero-order valence-corrected chi connectivity index (χ0v) is 11.9. The van der Waals surface area contributed by atoms with E-state index in [4.69, 9.17) is 9.47 Å². The number of carbonyl (C=O) groups excluding carboxylic acids is 2. The molecule has 19 heavy (non-hydrogen) atoms. The maximum atomic E-state index is 11.9. The zero-order valence-electron chi connectivity index (χ0n) is 11.9. The summed E-state index contributed by atoms with van der Waals surface area (Å²) < 4.78 is 10.4. The highest BCUT2D eigenvalue weighted by Crippen LogP contribution is 2.20. The highest BCUT2D eigenvalue weighted by molar-refractivity contribution is 5.83. The second-order valence-electron chi connectivity index (χ2n) is 4.91. The molecule has 2 atom stereocenters. The molecule has 0 aromatic rings. The van der Waals surface area contributed by atoms with Gasteiger partial charge in [-0.2, -0.15) is 0 Å². The van der Waals surface area contributed by atoms with Gasteiger partial charge in [0.2, 0.25) is 0 Å². The van der Waals surface area contributed by atoms with Gasteiger partial charge >= 0.3 is 11.9 Å². The third-order valence-corrected chi connectivity index (χ3v) is 3.30. The lowest BCUT2D eigenvalue weighted by molar-refractivity contribution is -0.158. The predicted molar refractivity (Wildman–Crippen MR) is 71.6 cm³/mol. The van der Waals surface area contributed by atoms with Gasteiger partial charge in [-0.25, -0.2) is 0 Å². The third kappa shape index (κ3) is 5.19. The van der Waals surface area contributed by atoms with Gasteiger partial charge in [0.25, 0.3) is 0 Å². The normalized spacial score (nSPS) is 22.2. The van der Waals surface area contributed by atoms with E-state index in [0.717, 1.165) is 25.7 Å². The second kappa shape index (κ2) is 8.91. The summed E-state index contributed by atoms with van der Waals surface area (Å²) in [6.07, 6.45) is 3.69. The smallest absolute Gasteiger partial charge is 0.311 e. The van der Waals surface area contributed by atoms with Crippen molar-refractivity contribution in [3.05, 3.63) is 0 Å². The number of carbonyl (C=O) groups is 2. The first-order valence-corrected chi connectivity index (χ1v) is 7.24. The largest absolute Gasteiger partial charge is 0.465 e. The Hall–Kier alpha value is -1.10. The molecule has 0 bridgehead atoms. The fourth-order valence-corrected chi connectivity index (χ4v) is 2.02. The van der Waals surface area contributed by atoms with Crippen LogP contribution in [0.2, 0.25) is 0 Å². The SMILES string of the molecule is CCCCOC(=O)[C@H]1CNC[C@@H]1C(=O)OCCCC. The molecule has 0 saturated carbocycles. The Kier molecular flexibility index (Phi) is 7.48. The van der Waals surface area contributed by atoms with Crippen LogP contribution in [-0.4, -0.2) is 38.2 Å². The highest BCUT2D eigenvalue weighted by atomic mass is 16.5. The summed E-state index contributed by atoms with van der Waals surface area (Å²) in [5.41, 5.74) is 0. The predicted octanol–water partition coefficient (Wildman–Crippen LogP) is 1.51. The molecule has 1 aliphatic rings. The van der Waals surface area contributed by atoms with E-state index in [1.807, 2.05) is 13.8 Å². The van der Waals surface area contributed by atoms with Gasteiger partial charge in [0, 0.05) is 13.1 Å². The first-order valence-electron chi connectivity index (χ1n) is 7.24. The summed E-state index contributed by atoms with van der Waals surface area (Å²) in [7, 11) is 0. The molecule has 1 rings (SSSR count). The molecule has 1 fully saturated rings. The minimum atomic E-state index is -0.397. The molecule has 0 aromatic heterocycles. The van der Waals surface area contributed by atoms with Gasteiger partial charge in [-0.3, -0.25) is 9.59 Å². The summed E-state index contributed by atoms with van der Waals surface area (Å²) in [5, 5.41) is 3.06. The molecule has 0 unspecified atom stereocenters. The van der Waals surface area contributed by atoms with Crippen LogP contribution in [0.25, 0.3) is 0 Å². The Balaban J connectivity index is 2.39. The fourth-order valence-electron chi connectivity index (χ4n) is 2.02. The molecule has 5 nitrogen and oxygen atoms in total. The summed E-state index contributed by atoms with van der Waals surface area (Å²) in [5.74, 6) is -1.36. The average Bonchev–Trinajstić information content (AvgIpc) is 2.88. The molecule has 0 aliphatic carbocycles. The number of rotatable bonds is 8. The van der Waals surface area contributed by atoms with E-state index < -0.39 is 11.8 Å². The third-order valence-electron chi connectivity index (χ3n) is 3.30. The van der Waals surface area contributed by atoms with E-state index in [2.05, 4.69) is 5.32 Å². The molecule has 1 heterocycles. The van der Waals surface area contributed by atoms with Crippen LogP contribution in [-0.2, 0) is 19.1 Å². The minimum absolute atomic E-state index is 0.282. The molecule has 0 amide bonds. The molecule has 0 aromatic carbocycles. The van der Waals surface area contributed by atoms with Gasteiger partial charge < -0.3 is 14.8 Å². The molecule has 0 spiro atoms. The van der Waals surface area contributed by atoms with E-state index in [0.29, 0.717) is 26.3 Å². The van der Waals surface area contributed by atoms with Gasteiger partial charge in [0.1, 0.15) is 0 Å². The topological polar surface area (TPSA) is 64.6 Å². The lowest BCUT2D eigenvalue weighted by atomic mass is 9.96. The Labute approximate surface area is 115 Å². The van der Waals surface area contributed by atoms with Gasteiger partial charge in [0.15, 0.2) is 0 Å². The number of esters is 2. The molecular weight excluding hydrogens is 246 g/mol. The fraction of sp³-hybridized carbons (Fsp3) is 0.857. The summed E-state index contributed by atoms with van der Waals surface area (Å²) in [4.78, 5) is 23.8. The van der Waals surface area contributed by atoms with Crippen LogP contribution >= 0.6 is 0 Å². The van der Waals surface area contributed by atoms with Crippen molar-refractivity contribution in [1.82, 2.24) is 5.32 Å². The maximum Gasteiger partial charge on any atom is 0.311 e. The Morgan fingerprint density at radius 2 is 1.37 bits per heavy atom. The van der Waals surface area contributed by atoms with Crippen LogP contribution in [0.4, 0.5) is 0 Å². The van der Waals surface area contributed by atoms with Crippen molar-refractivity contribution in [2.24, 2.45) is 11.8 Å². The standard InChI is InChI=1S/C14H25NO4/c1-3-5-7-18-13(16)11-9-15-10-12(11)14(17)19-8-6-4-2/h11-12,15H,3-10H2,1-2H3/t11-,12-/m0/s1. The lowest BCUT2D eigenvalue weighted by Crippen LogP contribution is -2.31. The van der Waals surface area contributed by atoms with E-state index >= 15 is 0 Å². The number of unbranched alkanes of at least 4 members (excludes halogenated alkanes) is 2. The van der Waals surface area contributed by atoms with Crippen LogP contribution in [0.1, 0.15) is 39.5 Å². The van der Waals surface area contributed by atoms with Crippen molar-refractivity contribution in [2.75, 3.05) is 26.3 Å².